The summed E-state index contributed by atoms with van der Waals surface area (Å²) in [7, 11) is 0. The molecule has 0 aromatic heterocycles. The largest absolute Gasteiger partial charge is 0.312 e. The second kappa shape index (κ2) is 5.15. The molecule has 0 saturated carbocycles. The summed E-state index contributed by atoms with van der Waals surface area (Å²) in [5.74, 6) is -0.163. The summed E-state index contributed by atoms with van der Waals surface area (Å²) in [4.78, 5) is 0. The highest BCUT2D eigenvalue weighted by Gasteiger charge is 2.29. The molecule has 2 N–H and O–H groups in total. The molecule has 0 spiro atoms. The van der Waals surface area contributed by atoms with Crippen molar-refractivity contribution in [3.63, 3.8) is 0 Å². The van der Waals surface area contributed by atoms with Gasteiger partial charge >= 0.3 is 0 Å². The van der Waals surface area contributed by atoms with E-state index < -0.39 is 0 Å². The molecule has 1 aromatic carbocycles. The molecule has 0 bridgehead atoms. The van der Waals surface area contributed by atoms with Gasteiger partial charge in [-0.05, 0) is 50.9 Å². The van der Waals surface area contributed by atoms with Crippen LogP contribution in [0.5, 0.6) is 0 Å². The Labute approximate surface area is 103 Å². The van der Waals surface area contributed by atoms with E-state index in [1.807, 2.05) is 12.1 Å². The van der Waals surface area contributed by atoms with E-state index in [9.17, 15) is 4.39 Å². The maximum absolute atomic E-state index is 12.7. The molecule has 3 heteroatoms. The van der Waals surface area contributed by atoms with E-state index in [-0.39, 0.29) is 11.4 Å². The smallest absolute Gasteiger partial charge is 0.123 e. The molecule has 1 aliphatic heterocycles. The molecule has 1 atom stereocenters. The first kappa shape index (κ1) is 12.5. The SMILES string of the molecule is CC1(C)CC(NCCc2ccc(F)cc2)CN1. The second-order valence-corrected chi connectivity index (χ2v) is 5.50. The standard InChI is InChI=1S/C14H21FN2/c1-14(2)9-13(10-17-14)16-8-7-11-3-5-12(15)6-4-11/h3-6,13,16-17H,7-10H2,1-2H3. The third-order valence-electron chi connectivity index (χ3n) is 3.34. The lowest BCUT2D eigenvalue weighted by molar-refractivity contribution is 0.443. The van der Waals surface area contributed by atoms with Crippen LogP contribution in [-0.4, -0.2) is 24.7 Å². The maximum atomic E-state index is 12.7. The van der Waals surface area contributed by atoms with E-state index in [0.717, 1.165) is 25.9 Å². The Balaban J connectivity index is 1.71. The Morgan fingerprint density at radius 2 is 2.06 bits per heavy atom. The molecule has 94 valence electrons. The van der Waals surface area contributed by atoms with Gasteiger partial charge in [-0.25, -0.2) is 4.39 Å². The van der Waals surface area contributed by atoms with Gasteiger partial charge in [-0.2, -0.15) is 0 Å². The minimum atomic E-state index is -0.163. The van der Waals surface area contributed by atoms with Crippen LogP contribution in [0, 0.1) is 5.82 Å². The van der Waals surface area contributed by atoms with Gasteiger partial charge in [-0.15, -0.1) is 0 Å². The van der Waals surface area contributed by atoms with Crippen LogP contribution in [0.15, 0.2) is 24.3 Å². The molecule has 1 aliphatic rings. The Morgan fingerprint density at radius 3 is 2.65 bits per heavy atom. The van der Waals surface area contributed by atoms with Gasteiger partial charge in [0.2, 0.25) is 0 Å². The van der Waals surface area contributed by atoms with E-state index in [2.05, 4.69) is 24.5 Å². The van der Waals surface area contributed by atoms with Gasteiger partial charge < -0.3 is 10.6 Å². The summed E-state index contributed by atoms with van der Waals surface area (Å²) >= 11 is 0. The Hall–Kier alpha value is -0.930. The molecular formula is C14H21FN2. The molecule has 1 fully saturated rings. The Bertz CT molecular complexity index is 359. The summed E-state index contributed by atoms with van der Waals surface area (Å²) in [6.07, 6.45) is 2.12. The van der Waals surface area contributed by atoms with Gasteiger partial charge in [-0.1, -0.05) is 12.1 Å². The molecule has 0 radical (unpaired) electrons. The first-order valence-corrected chi connectivity index (χ1v) is 6.28. The Kier molecular flexibility index (Phi) is 3.79. The van der Waals surface area contributed by atoms with Crippen LogP contribution in [0.2, 0.25) is 0 Å². The molecule has 1 saturated heterocycles. The van der Waals surface area contributed by atoms with Crippen LogP contribution in [-0.2, 0) is 6.42 Å². The van der Waals surface area contributed by atoms with Crippen molar-refractivity contribution >= 4 is 0 Å². The average molecular weight is 236 g/mol. The lowest BCUT2D eigenvalue weighted by Gasteiger charge is -2.17. The summed E-state index contributed by atoms with van der Waals surface area (Å²) < 4.78 is 12.7. The van der Waals surface area contributed by atoms with E-state index >= 15 is 0 Å². The normalized spacial score (nSPS) is 22.9. The van der Waals surface area contributed by atoms with Crippen molar-refractivity contribution in [1.82, 2.24) is 10.6 Å². The van der Waals surface area contributed by atoms with Gasteiger partial charge in [0.1, 0.15) is 5.82 Å². The molecule has 0 aliphatic carbocycles. The molecule has 1 unspecified atom stereocenters. The zero-order chi connectivity index (χ0) is 12.3. The summed E-state index contributed by atoms with van der Waals surface area (Å²) in [5, 5.41) is 7.03. The van der Waals surface area contributed by atoms with Crippen LogP contribution in [0.3, 0.4) is 0 Å². The monoisotopic (exact) mass is 236 g/mol. The molecule has 2 rings (SSSR count). The first-order chi connectivity index (χ1) is 8.05. The van der Waals surface area contributed by atoms with Crippen molar-refractivity contribution in [2.75, 3.05) is 13.1 Å². The quantitative estimate of drug-likeness (QED) is 0.836. The molecule has 17 heavy (non-hydrogen) atoms. The van der Waals surface area contributed by atoms with Gasteiger partial charge in [0.25, 0.3) is 0 Å². The summed E-state index contributed by atoms with van der Waals surface area (Å²) in [6.45, 7) is 6.45. The van der Waals surface area contributed by atoms with Gasteiger partial charge in [0, 0.05) is 18.1 Å². The van der Waals surface area contributed by atoms with Crippen molar-refractivity contribution in [1.29, 1.82) is 0 Å². The van der Waals surface area contributed by atoms with Crippen LogP contribution < -0.4 is 10.6 Å². The van der Waals surface area contributed by atoms with E-state index in [0.29, 0.717) is 6.04 Å². The fourth-order valence-electron chi connectivity index (χ4n) is 2.38. The van der Waals surface area contributed by atoms with Crippen LogP contribution in [0.25, 0.3) is 0 Å². The lowest BCUT2D eigenvalue weighted by Crippen LogP contribution is -2.32. The third kappa shape index (κ3) is 3.79. The molecule has 1 heterocycles. The molecule has 0 amide bonds. The first-order valence-electron chi connectivity index (χ1n) is 6.28. The highest BCUT2D eigenvalue weighted by Crippen LogP contribution is 2.17. The number of benzene rings is 1. The Morgan fingerprint density at radius 1 is 1.35 bits per heavy atom. The van der Waals surface area contributed by atoms with Crippen LogP contribution in [0.1, 0.15) is 25.8 Å². The van der Waals surface area contributed by atoms with E-state index in [1.54, 1.807) is 0 Å². The molecule has 1 aromatic rings. The summed E-state index contributed by atoms with van der Waals surface area (Å²) in [6, 6.07) is 7.32. The zero-order valence-corrected chi connectivity index (χ0v) is 10.6. The fourth-order valence-corrected chi connectivity index (χ4v) is 2.38. The number of hydrogen-bond acceptors (Lipinski definition) is 2. The zero-order valence-electron chi connectivity index (χ0n) is 10.6. The lowest BCUT2D eigenvalue weighted by atomic mass is 10.0. The van der Waals surface area contributed by atoms with Gasteiger partial charge in [-0.3, -0.25) is 0 Å². The highest BCUT2D eigenvalue weighted by molar-refractivity contribution is 5.16. The van der Waals surface area contributed by atoms with Crippen molar-refractivity contribution in [3.8, 4) is 0 Å². The van der Waals surface area contributed by atoms with E-state index in [1.165, 1.54) is 17.7 Å². The number of rotatable bonds is 4. The fraction of sp³-hybridized carbons (Fsp3) is 0.571. The number of nitrogens with one attached hydrogen (secondary N) is 2. The van der Waals surface area contributed by atoms with Crippen LogP contribution in [0.4, 0.5) is 4.39 Å². The second-order valence-electron chi connectivity index (χ2n) is 5.50. The van der Waals surface area contributed by atoms with Gasteiger partial charge in [0.15, 0.2) is 0 Å². The van der Waals surface area contributed by atoms with E-state index in [4.69, 9.17) is 0 Å². The van der Waals surface area contributed by atoms with Crippen molar-refractivity contribution in [2.45, 2.75) is 38.3 Å². The number of halogens is 1. The minimum Gasteiger partial charge on any atom is -0.312 e. The van der Waals surface area contributed by atoms with Crippen molar-refractivity contribution in [3.05, 3.63) is 35.6 Å². The average Bonchev–Trinajstić information content (AvgIpc) is 2.61. The maximum Gasteiger partial charge on any atom is 0.123 e. The molecule has 2 nitrogen and oxygen atoms in total. The van der Waals surface area contributed by atoms with Crippen LogP contribution >= 0.6 is 0 Å². The van der Waals surface area contributed by atoms with Crippen molar-refractivity contribution < 1.29 is 4.39 Å². The highest BCUT2D eigenvalue weighted by atomic mass is 19.1. The number of hydrogen-bond donors (Lipinski definition) is 2. The van der Waals surface area contributed by atoms with Crippen molar-refractivity contribution in [2.24, 2.45) is 0 Å². The minimum absolute atomic E-state index is 0.163. The predicted molar refractivity (Wildman–Crippen MR) is 68.6 cm³/mol. The third-order valence-corrected chi connectivity index (χ3v) is 3.34. The summed E-state index contributed by atoms with van der Waals surface area (Å²) in [5.41, 5.74) is 1.44. The topological polar surface area (TPSA) is 24.1 Å². The predicted octanol–water partition coefficient (Wildman–Crippen LogP) is 2.10. The van der Waals surface area contributed by atoms with Gasteiger partial charge in [0.05, 0.1) is 0 Å². The molecular weight excluding hydrogens is 215 g/mol.